The van der Waals surface area contributed by atoms with E-state index in [9.17, 15) is 19.8 Å². The molecule has 1 amide bonds. The van der Waals surface area contributed by atoms with Gasteiger partial charge < -0.3 is 29.2 Å². The molecule has 1 aromatic rings. The van der Waals surface area contributed by atoms with E-state index in [1.54, 1.807) is 4.90 Å². The number of aromatic nitrogens is 1. The van der Waals surface area contributed by atoms with Crippen molar-refractivity contribution in [1.82, 2.24) is 9.47 Å². The van der Waals surface area contributed by atoms with Gasteiger partial charge >= 0.3 is 0 Å². The van der Waals surface area contributed by atoms with Gasteiger partial charge in [0.1, 0.15) is 0 Å². The van der Waals surface area contributed by atoms with E-state index < -0.39 is 17.9 Å². The SMILES string of the molecule is COc1c2n(cc(C(O)O)c1=O)C[C@@H]1OCC[C@@H](C)N1C2=O. The first-order chi connectivity index (χ1) is 10.5. The first-order valence-electron chi connectivity index (χ1n) is 7.07. The van der Waals surface area contributed by atoms with Gasteiger partial charge in [-0.1, -0.05) is 0 Å². The third-order valence-electron chi connectivity index (χ3n) is 4.17. The van der Waals surface area contributed by atoms with Gasteiger partial charge in [0.25, 0.3) is 5.91 Å². The minimum Gasteiger partial charge on any atom is -0.491 e. The van der Waals surface area contributed by atoms with Crippen LogP contribution in [0.4, 0.5) is 0 Å². The van der Waals surface area contributed by atoms with Gasteiger partial charge in [-0.3, -0.25) is 9.59 Å². The Morgan fingerprint density at radius 3 is 2.77 bits per heavy atom. The molecule has 0 unspecified atom stereocenters. The maximum atomic E-state index is 12.8. The molecule has 3 heterocycles. The van der Waals surface area contributed by atoms with Gasteiger partial charge in [0.2, 0.25) is 5.43 Å². The summed E-state index contributed by atoms with van der Waals surface area (Å²) in [4.78, 5) is 26.6. The van der Waals surface area contributed by atoms with Gasteiger partial charge in [-0.15, -0.1) is 0 Å². The number of pyridine rings is 1. The lowest BCUT2D eigenvalue weighted by Crippen LogP contribution is -2.57. The smallest absolute Gasteiger partial charge is 0.276 e. The Kier molecular flexibility index (Phi) is 3.67. The molecular formula is C14H18N2O6. The molecule has 3 rings (SSSR count). The van der Waals surface area contributed by atoms with Crippen molar-refractivity contribution in [3.8, 4) is 5.75 Å². The van der Waals surface area contributed by atoms with Gasteiger partial charge in [0, 0.05) is 12.2 Å². The highest BCUT2D eigenvalue weighted by molar-refractivity contribution is 5.96. The topological polar surface area (TPSA) is 101 Å². The summed E-state index contributed by atoms with van der Waals surface area (Å²) < 4.78 is 12.2. The third-order valence-corrected chi connectivity index (χ3v) is 4.17. The van der Waals surface area contributed by atoms with Gasteiger partial charge in [-0.25, -0.2) is 0 Å². The number of fused-ring (bicyclic) bond motifs is 2. The standard InChI is InChI=1S/C14H18N2O6/c1-7-3-4-22-9-6-15-5-8(14(19)20)11(17)12(21-2)10(15)13(18)16(7)9/h5,7,9,14,19-20H,3-4,6H2,1-2H3/t7-,9+/m1/s1. The summed E-state index contributed by atoms with van der Waals surface area (Å²) >= 11 is 0. The molecule has 8 nitrogen and oxygen atoms in total. The number of aliphatic hydroxyl groups is 2. The fourth-order valence-electron chi connectivity index (χ4n) is 3.04. The van der Waals surface area contributed by atoms with E-state index >= 15 is 0 Å². The molecular weight excluding hydrogens is 292 g/mol. The summed E-state index contributed by atoms with van der Waals surface area (Å²) in [5.41, 5.74) is -0.808. The van der Waals surface area contributed by atoms with Crippen molar-refractivity contribution in [3.05, 3.63) is 27.7 Å². The average molecular weight is 310 g/mol. The van der Waals surface area contributed by atoms with Gasteiger partial charge in [-0.2, -0.15) is 0 Å². The zero-order valence-corrected chi connectivity index (χ0v) is 12.4. The van der Waals surface area contributed by atoms with E-state index in [1.807, 2.05) is 6.92 Å². The Labute approximate surface area is 126 Å². The Morgan fingerprint density at radius 1 is 1.41 bits per heavy atom. The fraction of sp³-hybridized carbons (Fsp3) is 0.571. The largest absolute Gasteiger partial charge is 0.491 e. The second kappa shape index (κ2) is 5.38. The highest BCUT2D eigenvalue weighted by atomic mass is 16.5. The number of carbonyl (C=O) groups excluding carboxylic acids is 1. The molecule has 0 radical (unpaired) electrons. The predicted octanol–water partition coefficient (Wildman–Crippen LogP) is -0.569. The first kappa shape index (κ1) is 15.0. The molecule has 1 fully saturated rings. The molecule has 2 atom stereocenters. The first-order valence-corrected chi connectivity index (χ1v) is 7.07. The van der Waals surface area contributed by atoms with Crippen LogP contribution in [0.1, 0.15) is 35.7 Å². The monoisotopic (exact) mass is 310 g/mol. The molecule has 1 saturated heterocycles. The number of methoxy groups -OCH3 is 1. The quantitative estimate of drug-likeness (QED) is 0.710. The Hall–Kier alpha value is -1.90. The van der Waals surface area contributed by atoms with E-state index in [0.717, 1.165) is 6.42 Å². The summed E-state index contributed by atoms with van der Waals surface area (Å²) in [6, 6.07) is 0.00270. The molecule has 0 saturated carbocycles. The second-order valence-electron chi connectivity index (χ2n) is 5.50. The Morgan fingerprint density at radius 2 is 2.14 bits per heavy atom. The normalized spacial score (nSPS) is 24.2. The number of hydrogen-bond donors (Lipinski definition) is 2. The van der Waals surface area contributed by atoms with Crippen LogP contribution < -0.4 is 10.2 Å². The molecule has 0 aliphatic carbocycles. The summed E-state index contributed by atoms with van der Waals surface area (Å²) in [7, 11) is 1.28. The molecule has 8 heteroatoms. The van der Waals surface area contributed by atoms with E-state index in [0.29, 0.717) is 13.2 Å². The number of nitrogens with zero attached hydrogens (tertiary/aromatic N) is 2. The van der Waals surface area contributed by atoms with Gasteiger partial charge in [0.15, 0.2) is 24.0 Å². The maximum absolute atomic E-state index is 12.8. The van der Waals surface area contributed by atoms with Crippen LogP contribution in [0.3, 0.4) is 0 Å². The van der Waals surface area contributed by atoms with Crippen LogP contribution in [-0.4, -0.2) is 51.6 Å². The molecule has 0 aromatic carbocycles. The van der Waals surface area contributed by atoms with Gasteiger partial charge in [0.05, 0.1) is 25.8 Å². The lowest BCUT2D eigenvalue weighted by molar-refractivity contribution is -0.112. The average Bonchev–Trinajstić information content (AvgIpc) is 2.47. The third kappa shape index (κ3) is 2.11. The van der Waals surface area contributed by atoms with Crippen molar-refractivity contribution >= 4 is 5.91 Å². The number of amides is 1. The maximum Gasteiger partial charge on any atom is 0.276 e. The van der Waals surface area contributed by atoms with Crippen molar-refractivity contribution < 1.29 is 24.5 Å². The van der Waals surface area contributed by atoms with Crippen LogP contribution in [0.2, 0.25) is 0 Å². The summed E-state index contributed by atoms with van der Waals surface area (Å²) in [6.45, 7) is 2.79. The summed E-state index contributed by atoms with van der Waals surface area (Å²) in [5.74, 6) is -0.525. The molecule has 1 aromatic heterocycles. The Bertz CT molecular complexity index is 668. The summed E-state index contributed by atoms with van der Waals surface area (Å²) in [5, 5.41) is 18.7. The van der Waals surface area contributed by atoms with E-state index in [1.165, 1.54) is 17.9 Å². The molecule has 0 bridgehead atoms. The van der Waals surface area contributed by atoms with Gasteiger partial charge in [-0.05, 0) is 13.3 Å². The highest BCUT2D eigenvalue weighted by Gasteiger charge is 2.41. The number of carbonyl (C=O) groups is 1. The minimum atomic E-state index is -1.93. The van der Waals surface area contributed by atoms with Crippen LogP contribution in [0.15, 0.2) is 11.0 Å². The zero-order chi connectivity index (χ0) is 16.0. The van der Waals surface area contributed by atoms with Crippen LogP contribution >= 0.6 is 0 Å². The van der Waals surface area contributed by atoms with E-state index in [4.69, 9.17) is 9.47 Å². The minimum absolute atomic E-state index is 0.00270. The highest BCUT2D eigenvalue weighted by Crippen LogP contribution is 2.30. The van der Waals surface area contributed by atoms with Crippen molar-refractivity contribution in [2.75, 3.05) is 13.7 Å². The number of rotatable bonds is 2. The molecule has 22 heavy (non-hydrogen) atoms. The van der Waals surface area contributed by atoms with Crippen LogP contribution in [-0.2, 0) is 11.3 Å². The van der Waals surface area contributed by atoms with Crippen LogP contribution in [0.25, 0.3) is 0 Å². The van der Waals surface area contributed by atoms with Crippen LogP contribution in [0.5, 0.6) is 5.75 Å². The lowest BCUT2D eigenvalue weighted by Gasteiger charge is -2.44. The van der Waals surface area contributed by atoms with Crippen molar-refractivity contribution in [2.24, 2.45) is 0 Å². The molecule has 120 valence electrons. The molecule has 0 spiro atoms. The molecule has 2 aliphatic heterocycles. The summed E-state index contributed by atoms with van der Waals surface area (Å²) in [6.07, 6.45) is -0.358. The number of aliphatic hydroxyl groups excluding tert-OH is 1. The van der Waals surface area contributed by atoms with Crippen molar-refractivity contribution in [3.63, 3.8) is 0 Å². The Balaban J connectivity index is 2.19. The predicted molar refractivity (Wildman–Crippen MR) is 74.4 cm³/mol. The van der Waals surface area contributed by atoms with Crippen LogP contribution in [0, 0.1) is 0 Å². The van der Waals surface area contributed by atoms with Crippen molar-refractivity contribution in [2.45, 2.75) is 38.4 Å². The fourth-order valence-corrected chi connectivity index (χ4v) is 3.04. The second-order valence-corrected chi connectivity index (χ2v) is 5.50. The zero-order valence-electron chi connectivity index (χ0n) is 12.4. The van der Waals surface area contributed by atoms with Crippen molar-refractivity contribution in [1.29, 1.82) is 0 Å². The lowest BCUT2D eigenvalue weighted by atomic mass is 10.1. The number of ether oxygens (including phenoxy) is 2. The molecule has 2 N–H and O–H groups in total. The molecule has 2 aliphatic rings. The van der Waals surface area contributed by atoms with E-state index in [-0.39, 0.29) is 29.0 Å². The van der Waals surface area contributed by atoms with E-state index in [2.05, 4.69) is 0 Å². The number of hydrogen-bond acceptors (Lipinski definition) is 6.